The van der Waals surface area contributed by atoms with Gasteiger partial charge in [0, 0.05) is 13.2 Å². The zero-order valence-electron chi connectivity index (χ0n) is 9.63. The Kier molecular flexibility index (Phi) is 5.64. The maximum absolute atomic E-state index is 13.1. The molecule has 0 saturated carbocycles. The van der Waals surface area contributed by atoms with Gasteiger partial charge in [0.05, 0.1) is 18.0 Å². The quantitative estimate of drug-likeness (QED) is 0.555. The summed E-state index contributed by atoms with van der Waals surface area (Å²) in [5, 5.41) is 3.04. The third kappa shape index (κ3) is 4.06. The summed E-state index contributed by atoms with van der Waals surface area (Å²) < 4.78 is 18.4. The lowest BCUT2D eigenvalue weighted by Gasteiger charge is -2.09. The zero-order chi connectivity index (χ0) is 11.8. The van der Waals surface area contributed by atoms with E-state index in [1.54, 1.807) is 12.1 Å². The number of nitrogens with one attached hydrogen (secondary N) is 1. The molecule has 3 N–H and O–H groups in total. The van der Waals surface area contributed by atoms with Crippen LogP contribution in [0.5, 0.6) is 0 Å². The van der Waals surface area contributed by atoms with E-state index in [-0.39, 0.29) is 5.69 Å². The number of benzene rings is 1. The molecule has 0 bridgehead atoms. The maximum Gasteiger partial charge on any atom is 0.148 e. The number of nitrogens with two attached hydrogens (primary N) is 1. The highest BCUT2D eigenvalue weighted by Crippen LogP contribution is 2.20. The predicted octanol–water partition coefficient (Wildman–Crippen LogP) is 2.64. The monoisotopic (exact) mass is 226 g/mol. The van der Waals surface area contributed by atoms with Crippen molar-refractivity contribution >= 4 is 11.4 Å². The standard InChI is InChI=1S/C12H19FN2O/c1-2-3-8-16-9-7-15-11-6-4-5-10(13)12(11)14/h4-6,15H,2-3,7-9,14H2,1H3. The van der Waals surface area contributed by atoms with Crippen molar-refractivity contribution in [3.8, 4) is 0 Å². The molecular weight excluding hydrogens is 207 g/mol. The molecule has 16 heavy (non-hydrogen) atoms. The number of unbranched alkanes of at least 4 members (excludes halogenated alkanes) is 1. The average Bonchev–Trinajstić information content (AvgIpc) is 2.29. The van der Waals surface area contributed by atoms with Gasteiger partial charge < -0.3 is 15.8 Å². The van der Waals surface area contributed by atoms with Gasteiger partial charge in [0.25, 0.3) is 0 Å². The number of anilines is 2. The van der Waals surface area contributed by atoms with Gasteiger partial charge in [-0.25, -0.2) is 4.39 Å². The van der Waals surface area contributed by atoms with Gasteiger partial charge in [-0.1, -0.05) is 19.4 Å². The lowest BCUT2D eigenvalue weighted by atomic mass is 10.2. The topological polar surface area (TPSA) is 47.3 Å². The lowest BCUT2D eigenvalue weighted by Crippen LogP contribution is -2.11. The fourth-order valence-corrected chi connectivity index (χ4v) is 1.30. The van der Waals surface area contributed by atoms with Crippen LogP contribution < -0.4 is 11.1 Å². The molecule has 0 aliphatic rings. The number of para-hydroxylation sites is 1. The normalized spacial score (nSPS) is 10.4. The summed E-state index contributed by atoms with van der Waals surface area (Å²) in [5.41, 5.74) is 6.35. The van der Waals surface area contributed by atoms with E-state index >= 15 is 0 Å². The van der Waals surface area contributed by atoms with Gasteiger partial charge in [0.2, 0.25) is 0 Å². The van der Waals surface area contributed by atoms with Crippen LogP contribution >= 0.6 is 0 Å². The van der Waals surface area contributed by atoms with Crippen molar-refractivity contribution in [3.63, 3.8) is 0 Å². The van der Waals surface area contributed by atoms with Gasteiger partial charge in [0.15, 0.2) is 0 Å². The maximum atomic E-state index is 13.1. The van der Waals surface area contributed by atoms with Crippen molar-refractivity contribution in [2.45, 2.75) is 19.8 Å². The SMILES string of the molecule is CCCCOCCNc1cccc(F)c1N. The largest absolute Gasteiger partial charge is 0.395 e. The molecule has 1 aromatic carbocycles. The first-order valence-electron chi connectivity index (χ1n) is 5.61. The molecule has 3 nitrogen and oxygen atoms in total. The molecule has 0 aliphatic heterocycles. The first kappa shape index (κ1) is 12.8. The van der Waals surface area contributed by atoms with Gasteiger partial charge in [-0.15, -0.1) is 0 Å². The third-order valence-electron chi connectivity index (χ3n) is 2.26. The van der Waals surface area contributed by atoms with Crippen LogP contribution in [0.4, 0.5) is 15.8 Å². The molecule has 0 atom stereocenters. The zero-order valence-corrected chi connectivity index (χ0v) is 9.63. The van der Waals surface area contributed by atoms with Gasteiger partial charge in [0.1, 0.15) is 5.82 Å². The Hall–Kier alpha value is -1.29. The highest BCUT2D eigenvalue weighted by Gasteiger charge is 2.02. The Morgan fingerprint density at radius 1 is 1.38 bits per heavy atom. The summed E-state index contributed by atoms with van der Waals surface area (Å²) in [5.74, 6) is -0.392. The van der Waals surface area contributed by atoms with Crippen LogP contribution in [-0.4, -0.2) is 19.8 Å². The van der Waals surface area contributed by atoms with Crippen molar-refractivity contribution in [2.24, 2.45) is 0 Å². The van der Waals surface area contributed by atoms with E-state index in [0.717, 1.165) is 19.4 Å². The van der Waals surface area contributed by atoms with Gasteiger partial charge in [-0.3, -0.25) is 0 Å². The van der Waals surface area contributed by atoms with E-state index in [2.05, 4.69) is 12.2 Å². The Morgan fingerprint density at radius 3 is 2.94 bits per heavy atom. The van der Waals surface area contributed by atoms with E-state index < -0.39 is 5.82 Å². The summed E-state index contributed by atoms with van der Waals surface area (Å²) in [7, 11) is 0. The van der Waals surface area contributed by atoms with Crippen molar-refractivity contribution in [1.29, 1.82) is 0 Å². The van der Waals surface area contributed by atoms with E-state index in [0.29, 0.717) is 18.8 Å². The molecule has 0 amide bonds. The third-order valence-corrected chi connectivity index (χ3v) is 2.26. The number of hydrogen-bond acceptors (Lipinski definition) is 3. The van der Waals surface area contributed by atoms with Gasteiger partial charge in [-0.2, -0.15) is 0 Å². The Balaban J connectivity index is 2.24. The van der Waals surface area contributed by atoms with E-state index in [1.165, 1.54) is 6.07 Å². The molecule has 0 heterocycles. The molecule has 1 rings (SSSR count). The fourth-order valence-electron chi connectivity index (χ4n) is 1.30. The van der Waals surface area contributed by atoms with E-state index in [1.807, 2.05) is 0 Å². The summed E-state index contributed by atoms with van der Waals surface area (Å²) in [4.78, 5) is 0. The number of ether oxygens (including phenoxy) is 1. The van der Waals surface area contributed by atoms with Crippen molar-refractivity contribution in [1.82, 2.24) is 0 Å². The molecule has 0 unspecified atom stereocenters. The Labute approximate surface area is 95.8 Å². The molecule has 0 saturated heterocycles. The van der Waals surface area contributed by atoms with Crippen LogP contribution in [0.15, 0.2) is 18.2 Å². The Morgan fingerprint density at radius 2 is 2.19 bits per heavy atom. The summed E-state index contributed by atoms with van der Waals surface area (Å²) in [6.45, 7) is 4.14. The van der Waals surface area contributed by atoms with Crippen LogP contribution in [0.2, 0.25) is 0 Å². The van der Waals surface area contributed by atoms with Crippen molar-refractivity contribution in [2.75, 3.05) is 30.8 Å². The molecule has 1 aromatic rings. The first-order chi connectivity index (χ1) is 7.75. The summed E-state index contributed by atoms with van der Waals surface area (Å²) >= 11 is 0. The number of halogens is 1. The minimum Gasteiger partial charge on any atom is -0.395 e. The van der Waals surface area contributed by atoms with Crippen molar-refractivity contribution in [3.05, 3.63) is 24.0 Å². The van der Waals surface area contributed by atoms with Crippen LogP contribution in [0.3, 0.4) is 0 Å². The highest BCUT2D eigenvalue weighted by atomic mass is 19.1. The van der Waals surface area contributed by atoms with Gasteiger partial charge in [-0.05, 0) is 18.6 Å². The fraction of sp³-hybridized carbons (Fsp3) is 0.500. The summed E-state index contributed by atoms with van der Waals surface area (Å²) in [6.07, 6.45) is 2.20. The van der Waals surface area contributed by atoms with Crippen LogP contribution in [0.1, 0.15) is 19.8 Å². The number of hydrogen-bond donors (Lipinski definition) is 2. The number of rotatable bonds is 7. The Bertz CT molecular complexity index is 318. The second-order valence-electron chi connectivity index (χ2n) is 3.59. The number of nitrogen functional groups attached to an aromatic ring is 1. The van der Waals surface area contributed by atoms with Crippen LogP contribution in [-0.2, 0) is 4.74 Å². The molecule has 0 radical (unpaired) electrons. The molecule has 0 aromatic heterocycles. The molecule has 0 fully saturated rings. The minimum atomic E-state index is -0.392. The average molecular weight is 226 g/mol. The van der Waals surface area contributed by atoms with Gasteiger partial charge >= 0.3 is 0 Å². The predicted molar refractivity (Wildman–Crippen MR) is 65.0 cm³/mol. The van der Waals surface area contributed by atoms with Crippen molar-refractivity contribution < 1.29 is 9.13 Å². The van der Waals surface area contributed by atoms with Crippen LogP contribution in [0.25, 0.3) is 0 Å². The second-order valence-corrected chi connectivity index (χ2v) is 3.59. The lowest BCUT2D eigenvalue weighted by molar-refractivity contribution is 0.141. The molecular formula is C12H19FN2O. The second kappa shape index (κ2) is 7.06. The molecule has 90 valence electrons. The highest BCUT2D eigenvalue weighted by molar-refractivity contribution is 5.66. The molecule has 0 spiro atoms. The smallest absolute Gasteiger partial charge is 0.148 e. The van der Waals surface area contributed by atoms with E-state index in [9.17, 15) is 4.39 Å². The van der Waals surface area contributed by atoms with Crippen LogP contribution in [0, 0.1) is 5.82 Å². The van der Waals surface area contributed by atoms with E-state index in [4.69, 9.17) is 10.5 Å². The summed E-state index contributed by atoms with van der Waals surface area (Å²) in [6, 6.07) is 4.73. The molecule has 0 aliphatic carbocycles. The first-order valence-corrected chi connectivity index (χ1v) is 5.61. The minimum absolute atomic E-state index is 0.163. The molecule has 4 heteroatoms.